The van der Waals surface area contributed by atoms with Gasteiger partial charge in [0.1, 0.15) is 6.10 Å². The standard InChI is InChI=1S/C21H34N2O3/c1-16(2)8-10-26-18(4)21(24)22-13-19-6-5-7-20(12-19)15-23-9-11-25-17(3)14-23/h5-7,12,16-18H,8-11,13-15H2,1-4H3,(H,22,24). The molecule has 5 heteroatoms. The van der Waals surface area contributed by atoms with Gasteiger partial charge >= 0.3 is 0 Å². The van der Waals surface area contributed by atoms with Gasteiger partial charge in [0.2, 0.25) is 5.91 Å². The number of rotatable bonds is 9. The summed E-state index contributed by atoms with van der Waals surface area (Å²) in [6, 6.07) is 8.42. The highest BCUT2D eigenvalue weighted by Gasteiger charge is 2.17. The van der Waals surface area contributed by atoms with Crippen LogP contribution in [-0.2, 0) is 27.4 Å². The van der Waals surface area contributed by atoms with Crippen molar-refractivity contribution >= 4 is 5.91 Å². The molecule has 0 aliphatic carbocycles. The Bertz CT molecular complexity index is 562. The molecule has 1 aromatic rings. The molecular weight excluding hydrogens is 328 g/mol. The van der Waals surface area contributed by atoms with Gasteiger partial charge in [0.15, 0.2) is 0 Å². The van der Waals surface area contributed by atoms with Crippen molar-refractivity contribution in [2.24, 2.45) is 5.92 Å². The van der Waals surface area contributed by atoms with E-state index in [0.29, 0.717) is 25.2 Å². The minimum absolute atomic E-state index is 0.0545. The maximum Gasteiger partial charge on any atom is 0.249 e. The second kappa shape index (κ2) is 10.7. The van der Waals surface area contributed by atoms with E-state index in [1.165, 1.54) is 5.56 Å². The Morgan fingerprint density at radius 2 is 2.12 bits per heavy atom. The predicted molar refractivity (Wildman–Crippen MR) is 104 cm³/mol. The summed E-state index contributed by atoms with van der Waals surface area (Å²) in [6.07, 6.45) is 0.856. The van der Waals surface area contributed by atoms with E-state index >= 15 is 0 Å². The number of carbonyl (C=O) groups is 1. The summed E-state index contributed by atoms with van der Waals surface area (Å²) >= 11 is 0. The quantitative estimate of drug-likeness (QED) is 0.734. The lowest BCUT2D eigenvalue weighted by molar-refractivity contribution is -0.132. The van der Waals surface area contributed by atoms with Crippen LogP contribution in [0, 0.1) is 5.92 Å². The van der Waals surface area contributed by atoms with E-state index < -0.39 is 6.10 Å². The first-order chi connectivity index (χ1) is 12.4. The summed E-state index contributed by atoms with van der Waals surface area (Å²) < 4.78 is 11.2. The number of hydrogen-bond acceptors (Lipinski definition) is 4. The summed E-state index contributed by atoms with van der Waals surface area (Å²) in [6.45, 7) is 13.0. The summed E-state index contributed by atoms with van der Waals surface area (Å²) in [5.41, 5.74) is 2.39. The molecule has 2 atom stereocenters. The summed E-state index contributed by atoms with van der Waals surface area (Å²) in [5, 5.41) is 2.98. The molecule has 1 saturated heterocycles. The molecule has 26 heavy (non-hydrogen) atoms. The second-order valence-corrected chi connectivity index (χ2v) is 7.65. The average Bonchev–Trinajstić information content (AvgIpc) is 2.59. The van der Waals surface area contributed by atoms with Gasteiger partial charge in [0, 0.05) is 32.8 Å². The first kappa shape index (κ1) is 20.9. The SMILES string of the molecule is CC(C)CCOC(C)C(=O)NCc1cccc(CN2CCOC(C)C2)c1. The Kier molecular flexibility index (Phi) is 8.55. The Morgan fingerprint density at radius 1 is 1.35 bits per heavy atom. The minimum Gasteiger partial charge on any atom is -0.376 e. The molecule has 1 amide bonds. The number of hydrogen-bond donors (Lipinski definition) is 1. The van der Waals surface area contributed by atoms with Crippen molar-refractivity contribution in [3.8, 4) is 0 Å². The number of nitrogens with one attached hydrogen (secondary N) is 1. The summed E-state index contributed by atoms with van der Waals surface area (Å²) in [7, 11) is 0. The predicted octanol–water partition coefficient (Wildman–Crippen LogP) is 2.97. The minimum atomic E-state index is -0.410. The van der Waals surface area contributed by atoms with Gasteiger partial charge in [0.05, 0.1) is 12.7 Å². The van der Waals surface area contributed by atoms with Crippen LogP contribution in [0.1, 0.15) is 45.2 Å². The van der Waals surface area contributed by atoms with Crippen LogP contribution in [0.4, 0.5) is 0 Å². The Hall–Kier alpha value is -1.43. The van der Waals surface area contributed by atoms with Crippen LogP contribution in [0.15, 0.2) is 24.3 Å². The second-order valence-electron chi connectivity index (χ2n) is 7.65. The molecule has 1 aliphatic rings. The number of nitrogens with zero attached hydrogens (tertiary/aromatic N) is 1. The first-order valence-electron chi connectivity index (χ1n) is 9.75. The van der Waals surface area contributed by atoms with Gasteiger partial charge in [-0.25, -0.2) is 0 Å². The number of carbonyl (C=O) groups excluding carboxylic acids is 1. The van der Waals surface area contributed by atoms with E-state index in [1.807, 2.05) is 6.92 Å². The molecule has 0 spiro atoms. The van der Waals surface area contributed by atoms with Crippen LogP contribution < -0.4 is 5.32 Å². The van der Waals surface area contributed by atoms with Gasteiger partial charge in [-0.3, -0.25) is 9.69 Å². The molecule has 0 aromatic heterocycles. The third-order valence-electron chi connectivity index (χ3n) is 4.62. The van der Waals surface area contributed by atoms with Gasteiger partial charge in [-0.15, -0.1) is 0 Å². The first-order valence-corrected chi connectivity index (χ1v) is 9.75. The highest BCUT2D eigenvalue weighted by molar-refractivity contribution is 5.80. The monoisotopic (exact) mass is 362 g/mol. The Labute approximate surface area is 158 Å². The van der Waals surface area contributed by atoms with Crippen molar-refractivity contribution in [3.63, 3.8) is 0 Å². The van der Waals surface area contributed by atoms with Crippen LogP contribution in [0.3, 0.4) is 0 Å². The largest absolute Gasteiger partial charge is 0.376 e. The van der Waals surface area contributed by atoms with Crippen molar-refractivity contribution in [3.05, 3.63) is 35.4 Å². The number of benzene rings is 1. The molecule has 1 aliphatic heterocycles. The van der Waals surface area contributed by atoms with Gasteiger partial charge in [0.25, 0.3) is 0 Å². The zero-order valence-corrected chi connectivity index (χ0v) is 16.7. The Balaban J connectivity index is 1.77. The topological polar surface area (TPSA) is 50.8 Å². The van der Waals surface area contributed by atoms with Gasteiger partial charge in [-0.1, -0.05) is 38.1 Å². The third-order valence-corrected chi connectivity index (χ3v) is 4.62. The molecular formula is C21H34N2O3. The Morgan fingerprint density at radius 3 is 2.85 bits per heavy atom. The molecule has 2 rings (SSSR count). The fourth-order valence-electron chi connectivity index (χ4n) is 3.02. The molecule has 1 heterocycles. The van der Waals surface area contributed by atoms with E-state index in [9.17, 15) is 4.79 Å². The fourth-order valence-corrected chi connectivity index (χ4v) is 3.02. The lowest BCUT2D eigenvalue weighted by atomic mass is 10.1. The van der Waals surface area contributed by atoms with E-state index in [4.69, 9.17) is 9.47 Å². The van der Waals surface area contributed by atoms with Crippen molar-refractivity contribution < 1.29 is 14.3 Å². The number of morpholine rings is 1. The van der Waals surface area contributed by atoms with E-state index in [1.54, 1.807) is 0 Å². The highest BCUT2D eigenvalue weighted by Crippen LogP contribution is 2.12. The van der Waals surface area contributed by atoms with Crippen LogP contribution in [0.25, 0.3) is 0 Å². The molecule has 0 bridgehead atoms. The molecule has 0 saturated carbocycles. The van der Waals surface area contributed by atoms with Gasteiger partial charge < -0.3 is 14.8 Å². The summed E-state index contributed by atoms with van der Waals surface area (Å²) in [4.78, 5) is 14.6. The zero-order valence-electron chi connectivity index (χ0n) is 16.7. The summed E-state index contributed by atoms with van der Waals surface area (Å²) in [5.74, 6) is 0.531. The zero-order chi connectivity index (χ0) is 18.9. The van der Waals surface area contributed by atoms with E-state index in [2.05, 4.69) is 55.3 Å². The van der Waals surface area contributed by atoms with E-state index in [0.717, 1.165) is 38.2 Å². The number of amides is 1. The fraction of sp³-hybridized carbons (Fsp3) is 0.667. The van der Waals surface area contributed by atoms with Crippen molar-refractivity contribution in [1.82, 2.24) is 10.2 Å². The molecule has 2 unspecified atom stereocenters. The van der Waals surface area contributed by atoms with Crippen LogP contribution in [0.5, 0.6) is 0 Å². The maximum absolute atomic E-state index is 12.2. The lowest BCUT2D eigenvalue weighted by Crippen LogP contribution is -2.40. The normalized spacial score (nSPS) is 19.5. The average molecular weight is 363 g/mol. The highest BCUT2D eigenvalue weighted by atomic mass is 16.5. The molecule has 1 fully saturated rings. The van der Waals surface area contributed by atoms with Crippen molar-refractivity contribution in [1.29, 1.82) is 0 Å². The maximum atomic E-state index is 12.2. The van der Waals surface area contributed by atoms with Crippen LogP contribution >= 0.6 is 0 Å². The third kappa shape index (κ3) is 7.44. The van der Waals surface area contributed by atoms with Crippen molar-refractivity contribution in [2.75, 3.05) is 26.3 Å². The molecule has 0 radical (unpaired) electrons. The number of ether oxygens (including phenoxy) is 2. The van der Waals surface area contributed by atoms with Gasteiger partial charge in [-0.05, 0) is 37.3 Å². The van der Waals surface area contributed by atoms with Crippen LogP contribution in [-0.4, -0.2) is 49.3 Å². The van der Waals surface area contributed by atoms with Crippen molar-refractivity contribution in [2.45, 2.75) is 59.4 Å². The smallest absolute Gasteiger partial charge is 0.249 e. The molecule has 1 aromatic carbocycles. The molecule has 146 valence electrons. The molecule has 5 nitrogen and oxygen atoms in total. The van der Waals surface area contributed by atoms with Crippen LogP contribution in [0.2, 0.25) is 0 Å². The van der Waals surface area contributed by atoms with E-state index in [-0.39, 0.29) is 5.91 Å². The van der Waals surface area contributed by atoms with Gasteiger partial charge in [-0.2, -0.15) is 0 Å². The lowest BCUT2D eigenvalue weighted by Gasteiger charge is -2.31. The molecule has 1 N–H and O–H groups in total.